The van der Waals surface area contributed by atoms with E-state index in [-0.39, 0.29) is 11.0 Å². The van der Waals surface area contributed by atoms with Crippen LogP contribution in [0.5, 0.6) is 0 Å². The molecule has 0 amide bonds. The van der Waals surface area contributed by atoms with Crippen molar-refractivity contribution < 1.29 is 0 Å². The molecule has 2 atom stereocenters. The lowest BCUT2D eigenvalue weighted by Crippen LogP contribution is -2.33. The summed E-state index contributed by atoms with van der Waals surface area (Å²) in [5.41, 5.74) is 1.22. The maximum Gasteiger partial charge on any atom is 0.250 e. The van der Waals surface area contributed by atoms with Gasteiger partial charge in [-0.2, -0.15) is 0 Å². The third-order valence-corrected chi connectivity index (χ3v) is 5.86. The van der Waals surface area contributed by atoms with E-state index in [1.807, 2.05) is 12.3 Å². The summed E-state index contributed by atoms with van der Waals surface area (Å²) in [5, 5.41) is 0. The molecule has 2 aromatic heterocycles. The highest BCUT2D eigenvalue weighted by Gasteiger charge is 2.40. The first-order chi connectivity index (χ1) is 12.9. The lowest BCUT2D eigenvalue weighted by molar-refractivity contribution is 0.301. The van der Waals surface area contributed by atoms with Gasteiger partial charge in [-0.25, -0.2) is 9.97 Å². The van der Waals surface area contributed by atoms with Gasteiger partial charge >= 0.3 is 0 Å². The van der Waals surface area contributed by atoms with E-state index in [1.54, 1.807) is 23.0 Å². The number of pyridine rings is 1. The van der Waals surface area contributed by atoms with E-state index in [9.17, 15) is 4.79 Å². The van der Waals surface area contributed by atoms with E-state index < -0.39 is 0 Å². The molecule has 2 aliphatic heterocycles. The van der Waals surface area contributed by atoms with E-state index >= 15 is 0 Å². The molecule has 4 heterocycles. The molecule has 2 fully saturated rings. The third kappa shape index (κ3) is 3.90. The van der Waals surface area contributed by atoms with Gasteiger partial charge in [0, 0.05) is 63.0 Å². The van der Waals surface area contributed by atoms with Crippen molar-refractivity contribution in [2.24, 2.45) is 11.8 Å². The van der Waals surface area contributed by atoms with Gasteiger partial charge in [0.05, 0.1) is 5.69 Å². The van der Waals surface area contributed by atoms with E-state index in [4.69, 9.17) is 0 Å². The summed E-state index contributed by atoms with van der Waals surface area (Å²) in [6, 6.07) is 7.50. The predicted molar refractivity (Wildman–Crippen MR) is 107 cm³/mol. The second-order valence-corrected chi connectivity index (χ2v) is 8.93. The van der Waals surface area contributed by atoms with Gasteiger partial charge in [0.25, 0.3) is 5.56 Å². The first kappa shape index (κ1) is 18.2. The van der Waals surface area contributed by atoms with Crippen LogP contribution in [0.1, 0.15) is 26.5 Å². The fourth-order valence-electron chi connectivity index (χ4n) is 4.28. The van der Waals surface area contributed by atoms with Crippen molar-refractivity contribution in [1.82, 2.24) is 19.4 Å². The van der Waals surface area contributed by atoms with E-state index in [1.165, 1.54) is 0 Å². The summed E-state index contributed by atoms with van der Waals surface area (Å²) >= 11 is 0. The Bertz CT molecular complexity index is 842. The van der Waals surface area contributed by atoms with E-state index in [2.05, 4.69) is 46.6 Å². The summed E-state index contributed by atoms with van der Waals surface area (Å²) in [6.07, 6.45) is 3.58. The van der Waals surface area contributed by atoms with Gasteiger partial charge in [-0.15, -0.1) is 0 Å². The predicted octanol–water partition coefficient (Wildman–Crippen LogP) is 2.00. The smallest absolute Gasteiger partial charge is 0.250 e. The van der Waals surface area contributed by atoms with Gasteiger partial charge in [-0.05, 0) is 17.9 Å². The first-order valence-corrected chi connectivity index (χ1v) is 9.85. The highest BCUT2D eigenvalue weighted by Crippen LogP contribution is 2.34. The molecule has 2 saturated heterocycles. The monoisotopic (exact) mass is 367 g/mol. The van der Waals surface area contributed by atoms with Gasteiger partial charge in [-0.1, -0.05) is 26.8 Å². The second kappa shape index (κ2) is 7.08. The minimum Gasteiger partial charge on any atom is -0.356 e. The average molecular weight is 367 g/mol. The maximum absolute atomic E-state index is 11.8. The van der Waals surface area contributed by atoms with Gasteiger partial charge in [0.1, 0.15) is 12.1 Å². The van der Waals surface area contributed by atoms with Crippen LogP contribution in [0.4, 0.5) is 5.82 Å². The van der Waals surface area contributed by atoms with Crippen molar-refractivity contribution in [3.8, 4) is 0 Å². The molecule has 0 bridgehead atoms. The number of likely N-dealkylation sites (tertiary alicyclic amines) is 1. The largest absolute Gasteiger partial charge is 0.356 e. The highest BCUT2D eigenvalue weighted by atomic mass is 16.1. The molecule has 6 nitrogen and oxygen atoms in total. The maximum atomic E-state index is 11.8. The molecule has 2 aliphatic rings. The Labute approximate surface area is 160 Å². The Hall–Kier alpha value is -2.21. The van der Waals surface area contributed by atoms with Crippen molar-refractivity contribution in [2.75, 3.05) is 37.6 Å². The van der Waals surface area contributed by atoms with Crippen LogP contribution in [-0.2, 0) is 12.0 Å². The topological polar surface area (TPSA) is 54.3 Å². The molecule has 0 aliphatic carbocycles. The molecule has 2 aromatic rings. The molecule has 0 radical (unpaired) electrons. The molecule has 4 rings (SSSR count). The summed E-state index contributed by atoms with van der Waals surface area (Å²) in [4.78, 5) is 25.8. The lowest BCUT2D eigenvalue weighted by Gasteiger charge is -2.24. The fraction of sp³-hybridized carbons (Fsp3) is 0.571. The van der Waals surface area contributed by atoms with Crippen LogP contribution in [0.25, 0.3) is 0 Å². The number of fused-ring (bicyclic) bond motifs is 1. The van der Waals surface area contributed by atoms with Crippen LogP contribution in [0, 0.1) is 11.8 Å². The summed E-state index contributed by atoms with van der Waals surface area (Å²) in [7, 11) is 0. The van der Waals surface area contributed by atoms with Gasteiger partial charge in [0.2, 0.25) is 0 Å². The Morgan fingerprint density at radius 1 is 1.04 bits per heavy atom. The number of rotatable bonds is 4. The molecular weight excluding hydrogens is 338 g/mol. The van der Waals surface area contributed by atoms with Crippen molar-refractivity contribution >= 4 is 5.82 Å². The summed E-state index contributed by atoms with van der Waals surface area (Å²) in [5.74, 6) is 2.43. The van der Waals surface area contributed by atoms with Gasteiger partial charge < -0.3 is 14.4 Å². The van der Waals surface area contributed by atoms with Crippen LogP contribution >= 0.6 is 0 Å². The Morgan fingerprint density at radius 3 is 2.44 bits per heavy atom. The number of hydrogen-bond donors (Lipinski definition) is 0. The second-order valence-electron chi connectivity index (χ2n) is 8.93. The van der Waals surface area contributed by atoms with Crippen LogP contribution < -0.4 is 10.5 Å². The van der Waals surface area contributed by atoms with Crippen LogP contribution in [0.15, 0.2) is 41.6 Å². The first-order valence-electron chi connectivity index (χ1n) is 9.85. The zero-order valence-corrected chi connectivity index (χ0v) is 16.5. The van der Waals surface area contributed by atoms with Crippen LogP contribution in [0.2, 0.25) is 0 Å². The summed E-state index contributed by atoms with van der Waals surface area (Å²) in [6.45, 7) is 12.6. The zero-order valence-electron chi connectivity index (χ0n) is 16.5. The van der Waals surface area contributed by atoms with Crippen molar-refractivity contribution in [3.05, 3.63) is 52.8 Å². The van der Waals surface area contributed by atoms with Gasteiger partial charge in [-0.3, -0.25) is 4.79 Å². The minimum atomic E-state index is 0.0413. The quantitative estimate of drug-likeness (QED) is 0.827. The molecule has 144 valence electrons. The normalized spacial score (nSPS) is 23.0. The van der Waals surface area contributed by atoms with Crippen molar-refractivity contribution in [2.45, 2.75) is 32.7 Å². The fourth-order valence-corrected chi connectivity index (χ4v) is 4.28. The zero-order chi connectivity index (χ0) is 19.0. The standard InChI is InChI=1S/C21H29N5O/c1-21(2,3)18-10-19(23-15-22-18)26-13-16-11-24(12-17(16)14-26)8-9-25-7-5-4-6-20(25)27/h4-7,10,15-17H,8-9,11-14H2,1-3H3. The number of aromatic nitrogens is 3. The number of hydrogen-bond acceptors (Lipinski definition) is 5. The van der Waals surface area contributed by atoms with Crippen molar-refractivity contribution in [1.29, 1.82) is 0 Å². The Balaban J connectivity index is 1.35. The SMILES string of the molecule is CC(C)(C)c1cc(N2CC3CN(CCn4ccccc4=O)CC3C2)ncn1. The summed E-state index contributed by atoms with van der Waals surface area (Å²) < 4.78 is 1.80. The lowest BCUT2D eigenvalue weighted by atomic mass is 9.92. The van der Waals surface area contributed by atoms with Crippen molar-refractivity contribution in [3.63, 3.8) is 0 Å². The Kier molecular flexibility index (Phi) is 4.76. The molecule has 27 heavy (non-hydrogen) atoms. The molecule has 2 unspecified atom stereocenters. The average Bonchev–Trinajstić information content (AvgIpc) is 3.19. The van der Waals surface area contributed by atoms with E-state index in [0.29, 0.717) is 11.8 Å². The molecule has 6 heteroatoms. The molecule has 0 N–H and O–H groups in total. The highest BCUT2D eigenvalue weighted by molar-refractivity contribution is 5.42. The molecule has 0 saturated carbocycles. The minimum absolute atomic E-state index is 0.0413. The van der Waals surface area contributed by atoms with Crippen LogP contribution in [0.3, 0.4) is 0 Å². The van der Waals surface area contributed by atoms with E-state index in [0.717, 1.165) is 50.8 Å². The molecule has 0 aromatic carbocycles. The van der Waals surface area contributed by atoms with Gasteiger partial charge in [0.15, 0.2) is 0 Å². The molecule has 0 spiro atoms. The van der Waals surface area contributed by atoms with Crippen LogP contribution in [-0.4, -0.2) is 52.2 Å². The Morgan fingerprint density at radius 2 is 1.78 bits per heavy atom. The molecular formula is C21H29N5O. The third-order valence-electron chi connectivity index (χ3n) is 5.86. The number of nitrogens with zero attached hydrogens (tertiary/aromatic N) is 5. The number of anilines is 1.